The number of sulfonamides is 1. The van der Waals surface area contributed by atoms with Crippen molar-refractivity contribution in [2.75, 3.05) is 5.75 Å². The Hall–Kier alpha value is -0.580. The molecule has 1 N–H and O–H groups in total. The third-order valence-corrected chi connectivity index (χ3v) is 3.81. The summed E-state index contributed by atoms with van der Waals surface area (Å²) in [6.45, 7) is 7.24. The molecule has 0 aliphatic rings. The van der Waals surface area contributed by atoms with Crippen molar-refractivity contribution in [2.45, 2.75) is 40.5 Å². The largest absolute Gasteiger partial charge is 0.274 e. The number of carbonyl (C=O) groups excluding carboxylic acids is 1. The molecule has 0 fully saturated rings. The molecule has 90 valence electrons. The summed E-state index contributed by atoms with van der Waals surface area (Å²) in [6, 6.07) is 0. The minimum Gasteiger partial charge on any atom is -0.274 e. The first-order chi connectivity index (χ1) is 6.82. The van der Waals surface area contributed by atoms with E-state index in [-0.39, 0.29) is 17.6 Å². The van der Waals surface area contributed by atoms with Gasteiger partial charge in [-0.05, 0) is 5.92 Å². The van der Waals surface area contributed by atoms with Gasteiger partial charge in [-0.2, -0.15) is 0 Å². The molecule has 0 saturated heterocycles. The fraction of sp³-hybridized carbons (Fsp3) is 0.900. The number of carbonyl (C=O) groups is 1. The first kappa shape index (κ1) is 14.4. The molecule has 0 aliphatic heterocycles. The number of rotatable bonds is 6. The van der Waals surface area contributed by atoms with Crippen LogP contribution in [0.3, 0.4) is 0 Å². The Morgan fingerprint density at radius 2 is 1.67 bits per heavy atom. The molecule has 0 aromatic carbocycles. The molecule has 1 amide bonds. The van der Waals surface area contributed by atoms with Crippen molar-refractivity contribution in [3.63, 3.8) is 0 Å². The monoisotopic (exact) mass is 235 g/mol. The van der Waals surface area contributed by atoms with Crippen molar-refractivity contribution in [1.29, 1.82) is 0 Å². The van der Waals surface area contributed by atoms with Crippen LogP contribution < -0.4 is 4.72 Å². The predicted octanol–water partition coefficient (Wildman–Crippen LogP) is 1.52. The molecule has 5 heteroatoms. The average Bonchev–Trinajstić information content (AvgIpc) is 2.13. The summed E-state index contributed by atoms with van der Waals surface area (Å²) in [5, 5.41) is 0. The number of hydrogen-bond acceptors (Lipinski definition) is 3. The van der Waals surface area contributed by atoms with E-state index in [0.717, 1.165) is 12.8 Å². The lowest BCUT2D eigenvalue weighted by molar-refractivity contribution is -0.122. The Kier molecular flexibility index (Phi) is 5.87. The van der Waals surface area contributed by atoms with Gasteiger partial charge in [0.25, 0.3) is 0 Å². The quantitative estimate of drug-likeness (QED) is 0.759. The highest BCUT2D eigenvalue weighted by Crippen LogP contribution is 2.10. The Morgan fingerprint density at radius 3 is 2.00 bits per heavy atom. The molecule has 0 spiro atoms. The van der Waals surface area contributed by atoms with E-state index in [1.165, 1.54) is 0 Å². The summed E-state index contributed by atoms with van der Waals surface area (Å²) in [5.41, 5.74) is 0. The van der Waals surface area contributed by atoms with E-state index in [1.54, 1.807) is 13.8 Å². The van der Waals surface area contributed by atoms with Crippen LogP contribution in [0.25, 0.3) is 0 Å². The molecule has 0 aliphatic carbocycles. The molecular weight excluding hydrogens is 214 g/mol. The highest BCUT2D eigenvalue weighted by Gasteiger charge is 2.20. The van der Waals surface area contributed by atoms with Crippen LogP contribution in [0.2, 0.25) is 0 Å². The third-order valence-electron chi connectivity index (χ3n) is 2.39. The van der Waals surface area contributed by atoms with Crippen molar-refractivity contribution in [1.82, 2.24) is 4.72 Å². The fourth-order valence-corrected chi connectivity index (χ4v) is 2.87. The van der Waals surface area contributed by atoms with Crippen LogP contribution in [0.1, 0.15) is 40.5 Å². The lowest BCUT2D eigenvalue weighted by atomic mass is 10.1. The van der Waals surface area contributed by atoms with Gasteiger partial charge in [0.05, 0.1) is 5.75 Å². The first-order valence-corrected chi connectivity index (χ1v) is 7.01. The fourth-order valence-electron chi connectivity index (χ4n) is 1.15. The van der Waals surface area contributed by atoms with Crippen LogP contribution in [-0.2, 0) is 14.8 Å². The normalized spacial score (nSPS) is 12.1. The van der Waals surface area contributed by atoms with Crippen molar-refractivity contribution in [3.05, 3.63) is 0 Å². The van der Waals surface area contributed by atoms with Gasteiger partial charge in [-0.3, -0.25) is 9.52 Å². The van der Waals surface area contributed by atoms with Crippen molar-refractivity contribution in [3.8, 4) is 0 Å². The molecule has 0 saturated carbocycles. The van der Waals surface area contributed by atoms with Crippen molar-refractivity contribution < 1.29 is 13.2 Å². The highest BCUT2D eigenvalue weighted by atomic mass is 32.2. The Morgan fingerprint density at radius 1 is 1.20 bits per heavy atom. The maximum atomic E-state index is 11.5. The van der Waals surface area contributed by atoms with E-state index in [0.29, 0.717) is 0 Å². The van der Waals surface area contributed by atoms with Crippen molar-refractivity contribution >= 4 is 15.9 Å². The lowest BCUT2D eigenvalue weighted by Crippen LogP contribution is -2.37. The summed E-state index contributed by atoms with van der Waals surface area (Å²) in [5.74, 6) is -0.566. The minimum absolute atomic E-state index is 0.0401. The van der Waals surface area contributed by atoms with Gasteiger partial charge >= 0.3 is 0 Å². The van der Waals surface area contributed by atoms with Gasteiger partial charge in [-0.25, -0.2) is 8.42 Å². The van der Waals surface area contributed by atoms with Gasteiger partial charge < -0.3 is 0 Å². The van der Waals surface area contributed by atoms with Gasteiger partial charge in [0.15, 0.2) is 0 Å². The number of hydrogen-bond donors (Lipinski definition) is 1. The van der Waals surface area contributed by atoms with Crippen LogP contribution in [0.15, 0.2) is 0 Å². The Labute approximate surface area is 92.5 Å². The lowest BCUT2D eigenvalue weighted by Gasteiger charge is -2.14. The zero-order valence-electron chi connectivity index (χ0n) is 9.91. The zero-order valence-corrected chi connectivity index (χ0v) is 10.7. The second-order valence-electron chi connectivity index (χ2n) is 4.08. The summed E-state index contributed by atoms with van der Waals surface area (Å²) in [6.07, 6.45) is 1.63. The molecule has 0 radical (unpaired) electrons. The minimum atomic E-state index is -3.45. The molecule has 0 unspecified atom stereocenters. The smallest absolute Gasteiger partial charge is 0.235 e. The first-order valence-electron chi connectivity index (χ1n) is 5.36. The van der Waals surface area contributed by atoms with E-state index < -0.39 is 15.9 Å². The topological polar surface area (TPSA) is 63.2 Å². The van der Waals surface area contributed by atoms with Gasteiger partial charge in [-0.1, -0.05) is 40.5 Å². The molecule has 0 bridgehead atoms. The molecule has 0 heterocycles. The summed E-state index contributed by atoms with van der Waals surface area (Å²) in [7, 11) is -3.45. The number of nitrogens with one attached hydrogen (secondary N) is 1. The standard InChI is InChI=1S/C10H21NO3S/c1-5-9(6-2)7-15(13,14)11-10(12)8(3)4/h8-9H,5-7H2,1-4H3,(H,11,12). The van der Waals surface area contributed by atoms with E-state index in [1.807, 2.05) is 13.8 Å². The molecule has 15 heavy (non-hydrogen) atoms. The second kappa shape index (κ2) is 6.10. The SMILES string of the molecule is CCC(CC)CS(=O)(=O)NC(=O)C(C)C. The molecule has 0 rings (SSSR count). The number of amides is 1. The Bertz CT molecular complexity index is 292. The van der Waals surface area contributed by atoms with E-state index >= 15 is 0 Å². The van der Waals surface area contributed by atoms with Crippen LogP contribution in [-0.4, -0.2) is 20.1 Å². The van der Waals surface area contributed by atoms with Gasteiger partial charge in [-0.15, -0.1) is 0 Å². The van der Waals surface area contributed by atoms with E-state index in [4.69, 9.17) is 0 Å². The van der Waals surface area contributed by atoms with E-state index in [9.17, 15) is 13.2 Å². The van der Waals surface area contributed by atoms with Gasteiger partial charge in [0.2, 0.25) is 15.9 Å². The van der Waals surface area contributed by atoms with Gasteiger partial charge in [0.1, 0.15) is 0 Å². The maximum Gasteiger partial charge on any atom is 0.235 e. The summed E-state index contributed by atoms with van der Waals surface area (Å²) >= 11 is 0. The van der Waals surface area contributed by atoms with Crippen LogP contribution in [0, 0.1) is 11.8 Å². The average molecular weight is 235 g/mol. The maximum absolute atomic E-state index is 11.5. The van der Waals surface area contributed by atoms with Crippen LogP contribution >= 0.6 is 0 Å². The second-order valence-corrected chi connectivity index (χ2v) is 5.85. The molecular formula is C10H21NO3S. The summed E-state index contributed by atoms with van der Waals surface area (Å²) < 4.78 is 25.2. The predicted molar refractivity (Wildman–Crippen MR) is 60.8 cm³/mol. The molecule has 0 aromatic rings. The molecule has 0 atom stereocenters. The van der Waals surface area contributed by atoms with E-state index in [2.05, 4.69) is 4.72 Å². The summed E-state index contributed by atoms with van der Waals surface area (Å²) in [4.78, 5) is 11.2. The third kappa shape index (κ3) is 5.77. The van der Waals surface area contributed by atoms with Gasteiger partial charge in [0, 0.05) is 5.92 Å². The zero-order chi connectivity index (χ0) is 12.1. The molecule has 0 aromatic heterocycles. The molecule has 4 nitrogen and oxygen atoms in total. The Balaban J connectivity index is 4.37. The highest BCUT2D eigenvalue weighted by molar-refractivity contribution is 7.90. The van der Waals surface area contributed by atoms with Crippen molar-refractivity contribution in [2.24, 2.45) is 11.8 Å². The van der Waals surface area contributed by atoms with Crippen LogP contribution in [0.4, 0.5) is 0 Å². The van der Waals surface area contributed by atoms with Crippen LogP contribution in [0.5, 0.6) is 0 Å².